The molecule has 0 bridgehead atoms. The first-order chi connectivity index (χ1) is 16.4. The van der Waals surface area contributed by atoms with Gasteiger partial charge in [0, 0.05) is 37.3 Å². The highest BCUT2D eigenvalue weighted by molar-refractivity contribution is 5.94. The van der Waals surface area contributed by atoms with Crippen molar-refractivity contribution in [2.75, 3.05) is 55.5 Å². The van der Waals surface area contributed by atoms with Gasteiger partial charge in [0.05, 0.1) is 26.4 Å². The summed E-state index contributed by atoms with van der Waals surface area (Å²) in [5.41, 5.74) is 6.92. The van der Waals surface area contributed by atoms with Crippen molar-refractivity contribution in [3.8, 4) is 0 Å². The molecule has 1 heterocycles. The Labute approximate surface area is 201 Å². The monoisotopic (exact) mass is 474 g/mol. The molecule has 2 aromatic rings. The number of nitrogens with two attached hydrogens (primary N) is 1. The first kappa shape index (κ1) is 27.2. The first-order valence-corrected chi connectivity index (χ1v) is 11.6. The van der Waals surface area contributed by atoms with Crippen molar-refractivity contribution in [1.29, 1.82) is 0 Å². The van der Waals surface area contributed by atoms with E-state index in [1.807, 2.05) is 39.8 Å². The van der Waals surface area contributed by atoms with E-state index >= 15 is 0 Å². The van der Waals surface area contributed by atoms with Crippen LogP contribution in [0, 0.1) is 0 Å². The van der Waals surface area contributed by atoms with Gasteiger partial charge < -0.3 is 36.5 Å². The van der Waals surface area contributed by atoms with Crippen LogP contribution in [0.4, 0.5) is 17.8 Å². The van der Waals surface area contributed by atoms with E-state index in [2.05, 4.69) is 36.2 Å². The summed E-state index contributed by atoms with van der Waals surface area (Å²) in [7, 11) is 0. The largest absolute Gasteiger partial charge is 0.378 e. The maximum absolute atomic E-state index is 12.3. The standard InChI is InChI=1S/C23H38N8O3/c1-16(2)27-22-29-21(30-23(31-22)28-17(3)4)26-15-18-5-7-19(8-6-18)20(32)25-10-12-34-14-13-33-11-9-24/h5-8,16-17H,9-15,24H2,1-4H3,(H,25,32)(H3,26,27,28,29,30,31). The molecule has 1 aromatic heterocycles. The minimum absolute atomic E-state index is 0.145. The Hall–Kier alpha value is -3.02. The fourth-order valence-corrected chi connectivity index (χ4v) is 2.80. The van der Waals surface area contributed by atoms with Gasteiger partial charge in [0.2, 0.25) is 17.8 Å². The molecule has 1 amide bonds. The molecule has 11 nitrogen and oxygen atoms in total. The van der Waals surface area contributed by atoms with E-state index in [1.54, 1.807) is 12.1 Å². The van der Waals surface area contributed by atoms with Crippen LogP contribution >= 0.6 is 0 Å². The lowest BCUT2D eigenvalue weighted by atomic mass is 10.1. The number of rotatable bonds is 16. The number of carbonyl (C=O) groups is 1. The second-order valence-electron chi connectivity index (χ2n) is 8.22. The molecule has 11 heteroatoms. The lowest BCUT2D eigenvalue weighted by Crippen LogP contribution is -2.27. The van der Waals surface area contributed by atoms with Crippen molar-refractivity contribution < 1.29 is 14.3 Å². The SMILES string of the molecule is CC(C)Nc1nc(NCc2ccc(C(=O)NCCOCCOCCN)cc2)nc(NC(C)C)n1. The molecule has 0 aliphatic carbocycles. The molecule has 0 spiro atoms. The summed E-state index contributed by atoms with van der Waals surface area (Å²) in [6.07, 6.45) is 0. The van der Waals surface area contributed by atoms with Crippen molar-refractivity contribution in [2.45, 2.75) is 46.3 Å². The van der Waals surface area contributed by atoms with Gasteiger partial charge in [-0.3, -0.25) is 4.79 Å². The van der Waals surface area contributed by atoms with Gasteiger partial charge in [-0.1, -0.05) is 12.1 Å². The predicted octanol–water partition coefficient (Wildman–Crippen LogP) is 1.85. The van der Waals surface area contributed by atoms with Crippen LogP contribution in [0.3, 0.4) is 0 Å². The Balaban J connectivity index is 1.82. The highest BCUT2D eigenvalue weighted by Crippen LogP contribution is 2.13. The van der Waals surface area contributed by atoms with Crippen molar-refractivity contribution >= 4 is 23.8 Å². The van der Waals surface area contributed by atoms with Crippen molar-refractivity contribution in [1.82, 2.24) is 20.3 Å². The number of carbonyl (C=O) groups excluding carboxylic acids is 1. The van der Waals surface area contributed by atoms with Crippen molar-refractivity contribution in [2.24, 2.45) is 5.73 Å². The van der Waals surface area contributed by atoms with Crippen LogP contribution in [0.2, 0.25) is 0 Å². The van der Waals surface area contributed by atoms with Crippen LogP contribution in [0.25, 0.3) is 0 Å². The molecule has 0 unspecified atom stereocenters. The quantitative estimate of drug-likeness (QED) is 0.228. The Morgan fingerprint density at radius 2 is 1.41 bits per heavy atom. The number of ether oxygens (including phenoxy) is 2. The minimum Gasteiger partial charge on any atom is -0.378 e. The van der Waals surface area contributed by atoms with Crippen LogP contribution in [-0.2, 0) is 16.0 Å². The summed E-state index contributed by atoms with van der Waals surface area (Å²) >= 11 is 0. The third-order valence-corrected chi connectivity index (χ3v) is 4.30. The molecule has 0 aliphatic heterocycles. The van der Waals surface area contributed by atoms with Gasteiger partial charge in [0.1, 0.15) is 0 Å². The number of aromatic nitrogens is 3. The van der Waals surface area contributed by atoms with Gasteiger partial charge in [-0.05, 0) is 45.4 Å². The third kappa shape index (κ3) is 10.7. The first-order valence-electron chi connectivity index (χ1n) is 11.6. The van der Waals surface area contributed by atoms with Gasteiger partial charge in [0.15, 0.2) is 0 Å². The molecule has 188 valence electrons. The Kier molecular flexibility index (Phi) is 12.0. The maximum Gasteiger partial charge on any atom is 0.251 e. The van der Waals surface area contributed by atoms with Gasteiger partial charge in [-0.2, -0.15) is 15.0 Å². The summed E-state index contributed by atoms with van der Waals surface area (Å²) in [6.45, 7) is 11.4. The van der Waals surface area contributed by atoms with E-state index in [-0.39, 0.29) is 18.0 Å². The molecule has 0 atom stereocenters. The van der Waals surface area contributed by atoms with E-state index in [0.717, 1.165) is 5.56 Å². The Bertz CT molecular complexity index is 834. The number of benzene rings is 1. The lowest BCUT2D eigenvalue weighted by Gasteiger charge is -2.14. The van der Waals surface area contributed by atoms with Crippen molar-refractivity contribution in [3.63, 3.8) is 0 Å². The van der Waals surface area contributed by atoms with Crippen LogP contribution in [0.5, 0.6) is 0 Å². The number of hydrogen-bond donors (Lipinski definition) is 5. The molecule has 2 rings (SSSR count). The number of hydrogen-bond acceptors (Lipinski definition) is 10. The van der Waals surface area contributed by atoms with E-state index in [9.17, 15) is 4.79 Å². The van der Waals surface area contributed by atoms with Gasteiger partial charge in [0.25, 0.3) is 5.91 Å². The van der Waals surface area contributed by atoms with Crippen LogP contribution in [0.1, 0.15) is 43.6 Å². The molecule has 0 saturated carbocycles. The molecule has 0 aliphatic rings. The summed E-state index contributed by atoms with van der Waals surface area (Å²) in [5, 5.41) is 12.5. The number of nitrogens with one attached hydrogen (secondary N) is 4. The smallest absolute Gasteiger partial charge is 0.251 e. The molecule has 34 heavy (non-hydrogen) atoms. The van der Waals surface area contributed by atoms with E-state index in [4.69, 9.17) is 15.2 Å². The Morgan fingerprint density at radius 1 is 0.853 bits per heavy atom. The maximum atomic E-state index is 12.3. The summed E-state index contributed by atoms with van der Waals surface area (Å²) in [6, 6.07) is 7.77. The Morgan fingerprint density at radius 3 is 1.97 bits per heavy atom. The minimum atomic E-state index is -0.145. The average molecular weight is 475 g/mol. The fraction of sp³-hybridized carbons (Fsp3) is 0.565. The molecule has 0 saturated heterocycles. The van der Waals surface area contributed by atoms with Gasteiger partial charge in [-0.15, -0.1) is 0 Å². The highest BCUT2D eigenvalue weighted by Gasteiger charge is 2.09. The van der Waals surface area contributed by atoms with Crippen LogP contribution < -0.4 is 27.0 Å². The zero-order chi connectivity index (χ0) is 24.8. The van der Waals surface area contributed by atoms with Gasteiger partial charge >= 0.3 is 0 Å². The molecule has 0 radical (unpaired) electrons. The molecular weight excluding hydrogens is 436 g/mol. The lowest BCUT2D eigenvalue weighted by molar-refractivity contribution is 0.0511. The molecule has 0 fully saturated rings. The van der Waals surface area contributed by atoms with E-state index in [1.165, 1.54) is 0 Å². The predicted molar refractivity (Wildman–Crippen MR) is 134 cm³/mol. The normalized spacial score (nSPS) is 11.0. The average Bonchev–Trinajstić information content (AvgIpc) is 2.78. The molecule has 1 aromatic carbocycles. The summed E-state index contributed by atoms with van der Waals surface area (Å²) in [5.74, 6) is 1.34. The number of nitrogens with zero attached hydrogens (tertiary/aromatic N) is 3. The third-order valence-electron chi connectivity index (χ3n) is 4.30. The van der Waals surface area contributed by atoms with Gasteiger partial charge in [-0.25, -0.2) is 0 Å². The number of anilines is 3. The second kappa shape index (κ2) is 15.0. The molecule has 6 N–H and O–H groups in total. The van der Waals surface area contributed by atoms with E-state index in [0.29, 0.717) is 69.5 Å². The van der Waals surface area contributed by atoms with Crippen molar-refractivity contribution in [3.05, 3.63) is 35.4 Å². The van der Waals surface area contributed by atoms with E-state index < -0.39 is 0 Å². The van der Waals surface area contributed by atoms with Crippen LogP contribution in [0.15, 0.2) is 24.3 Å². The number of amides is 1. The fourth-order valence-electron chi connectivity index (χ4n) is 2.80. The van der Waals surface area contributed by atoms with Crippen LogP contribution in [-0.4, -0.2) is 72.5 Å². The topological polar surface area (TPSA) is 148 Å². The zero-order valence-corrected chi connectivity index (χ0v) is 20.6. The molecular formula is C23H38N8O3. The summed E-state index contributed by atoms with van der Waals surface area (Å²) in [4.78, 5) is 25.6. The summed E-state index contributed by atoms with van der Waals surface area (Å²) < 4.78 is 10.6. The highest BCUT2D eigenvalue weighted by atomic mass is 16.5. The zero-order valence-electron chi connectivity index (χ0n) is 20.6. The second-order valence-corrected chi connectivity index (χ2v) is 8.22.